The number of nitrogens with one attached hydrogen (secondary N) is 1. The van der Waals surface area contributed by atoms with E-state index in [0.29, 0.717) is 17.0 Å². The Morgan fingerprint density at radius 1 is 1.20 bits per heavy atom. The van der Waals surface area contributed by atoms with Gasteiger partial charge in [-0.3, -0.25) is 0 Å². The van der Waals surface area contributed by atoms with Gasteiger partial charge in [0.15, 0.2) is 0 Å². The third-order valence-corrected chi connectivity index (χ3v) is 3.79. The summed E-state index contributed by atoms with van der Waals surface area (Å²) in [6, 6.07) is 13.0. The Labute approximate surface area is 124 Å². The molecule has 0 radical (unpaired) electrons. The van der Waals surface area contributed by atoms with Crippen molar-refractivity contribution in [3.63, 3.8) is 0 Å². The summed E-state index contributed by atoms with van der Waals surface area (Å²) in [6.07, 6.45) is 0.637. The Bertz CT molecular complexity index is 583. The molecule has 106 valence electrons. The van der Waals surface area contributed by atoms with Gasteiger partial charge >= 0.3 is 0 Å². The van der Waals surface area contributed by atoms with Crippen LogP contribution in [0, 0.1) is 12.7 Å². The Hall–Kier alpha value is -1.38. The Balaban J connectivity index is 2.30. The minimum absolute atomic E-state index is 0.191. The second-order valence-electron chi connectivity index (χ2n) is 5.05. The molecule has 2 aromatic rings. The van der Waals surface area contributed by atoms with Crippen molar-refractivity contribution in [3.05, 3.63) is 70.0 Å². The van der Waals surface area contributed by atoms with Crippen molar-refractivity contribution in [2.24, 2.45) is 0 Å². The van der Waals surface area contributed by atoms with Crippen molar-refractivity contribution in [2.45, 2.75) is 19.3 Å². The molecular formula is C17H19ClFN. The number of aryl methyl sites for hydroxylation is 1. The van der Waals surface area contributed by atoms with E-state index in [2.05, 4.69) is 24.4 Å². The van der Waals surface area contributed by atoms with Crippen molar-refractivity contribution in [3.8, 4) is 0 Å². The summed E-state index contributed by atoms with van der Waals surface area (Å²) in [7, 11) is 1.92. The monoisotopic (exact) mass is 291 g/mol. The first-order valence-corrected chi connectivity index (χ1v) is 7.13. The zero-order chi connectivity index (χ0) is 14.5. The van der Waals surface area contributed by atoms with Crippen LogP contribution in [0.5, 0.6) is 0 Å². The van der Waals surface area contributed by atoms with Crippen LogP contribution in [0.1, 0.15) is 22.6 Å². The molecule has 1 N–H and O–H groups in total. The van der Waals surface area contributed by atoms with Crippen LogP contribution in [-0.2, 0) is 6.42 Å². The van der Waals surface area contributed by atoms with Crippen molar-refractivity contribution in [2.75, 3.05) is 13.6 Å². The van der Waals surface area contributed by atoms with Gasteiger partial charge in [-0.25, -0.2) is 4.39 Å². The SMILES string of the molecule is CNCC(Cc1cc(Cl)ccc1F)c1ccccc1C. The number of rotatable bonds is 5. The van der Waals surface area contributed by atoms with Crippen LogP contribution >= 0.6 is 11.6 Å². The fraction of sp³-hybridized carbons (Fsp3) is 0.294. The highest BCUT2D eigenvalue weighted by Crippen LogP contribution is 2.26. The van der Waals surface area contributed by atoms with E-state index in [1.807, 2.05) is 19.2 Å². The molecule has 20 heavy (non-hydrogen) atoms. The van der Waals surface area contributed by atoms with Gasteiger partial charge < -0.3 is 5.32 Å². The number of benzene rings is 2. The lowest BCUT2D eigenvalue weighted by Crippen LogP contribution is -2.20. The molecule has 0 saturated heterocycles. The van der Waals surface area contributed by atoms with Crippen LogP contribution in [0.4, 0.5) is 4.39 Å². The standard InChI is InChI=1S/C17H19ClFN/c1-12-5-3-4-6-16(12)14(11-20-2)9-13-10-15(18)7-8-17(13)19/h3-8,10,14,20H,9,11H2,1-2H3. The normalized spacial score (nSPS) is 12.4. The summed E-state index contributed by atoms with van der Waals surface area (Å²) in [5.74, 6) is 0.0400. The smallest absolute Gasteiger partial charge is 0.126 e. The summed E-state index contributed by atoms with van der Waals surface area (Å²) in [4.78, 5) is 0. The molecule has 2 rings (SSSR count). The molecule has 0 bridgehead atoms. The number of halogens is 2. The van der Waals surface area contributed by atoms with Gasteiger partial charge in [-0.1, -0.05) is 35.9 Å². The Morgan fingerprint density at radius 2 is 1.95 bits per heavy atom. The van der Waals surface area contributed by atoms with Gasteiger partial charge in [0, 0.05) is 17.5 Å². The third kappa shape index (κ3) is 3.59. The average Bonchev–Trinajstić information content (AvgIpc) is 2.43. The molecule has 0 saturated carbocycles. The van der Waals surface area contributed by atoms with Crippen molar-refractivity contribution in [1.29, 1.82) is 0 Å². The highest BCUT2D eigenvalue weighted by molar-refractivity contribution is 6.30. The molecule has 0 aliphatic heterocycles. The first kappa shape index (κ1) is 15.0. The molecule has 2 aromatic carbocycles. The quantitative estimate of drug-likeness (QED) is 0.864. The van der Waals surface area contributed by atoms with Gasteiger partial charge in [0.25, 0.3) is 0 Å². The van der Waals surface area contributed by atoms with Crippen LogP contribution in [0.25, 0.3) is 0 Å². The molecule has 0 aromatic heterocycles. The Kier molecular flexibility index (Phi) is 5.16. The number of hydrogen-bond acceptors (Lipinski definition) is 1. The first-order valence-electron chi connectivity index (χ1n) is 6.76. The zero-order valence-electron chi connectivity index (χ0n) is 11.8. The molecule has 1 nitrogen and oxygen atoms in total. The van der Waals surface area contributed by atoms with E-state index < -0.39 is 0 Å². The summed E-state index contributed by atoms with van der Waals surface area (Å²) in [6.45, 7) is 2.89. The van der Waals surface area contributed by atoms with Gasteiger partial charge in [0.1, 0.15) is 5.82 Å². The lowest BCUT2D eigenvalue weighted by Gasteiger charge is -2.19. The predicted octanol–water partition coefficient (Wildman–Crippen LogP) is 4.33. The molecule has 0 heterocycles. The zero-order valence-corrected chi connectivity index (χ0v) is 12.5. The maximum absolute atomic E-state index is 13.9. The van der Waals surface area contributed by atoms with E-state index in [0.717, 1.165) is 6.54 Å². The van der Waals surface area contributed by atoms with Crippen LogP contribution in [0.3, 0.4) is 0 Å². The summed E-state index contributed by atoms with van der Waals surface area (Å²) < 4.78 is 13.9. The van der Waals surface area contributed by atoms with Crippen LogP contribution in [0.15, 0.2) is 42.5 Å². The highest BCUT2D eigenvalue weighted by Gasteiger charge is 2.16. The maximum Gasteiger partial charge on any atom is 0.126 e. The van der Waals surface area contributed by atoms with Crippen LogP contribution in [0.2, 0.25) is 5.02 Å². The molecule has 0 spiro atoms. The number of likely N-dealkylation sites (N-methyl/N-ethyl adjacent to an activating group) is 1. The second kappa shape index (κ2) is 6.87. The molecule has 3 heteroatoms. The maximum atomic E-state index is 13.9. The molecule has 0 fully saturated rings. The van der Waals surface area contributed by atoms with Crippen molar-refractivity contribution >= 4 is 11.6 Å². The topological polar surface area (TPSA) is 12.0 Å². The van der Waals surface area contributed by atoms with Gasteiger partial charge in [0.05, 0.1) is 0 Å². The van der Waals surface area contributed by atoms with E-state index in [1.54, 1.807) is 12.1 Å². The summed E-state index contributed by atoms with van der Waals surface area (Å²) >= 11 is 5.97. The molecule has 0 amide bonds. The van der Waals surface area contributed by atoms with Crippen molar-refractivity contribution < 1.29 is 4.39 Å². The fourth-order valence-electron chi connectivity index (χ4n) is 2.55. The van der Waals surface area contributed by atoms with E-state index in [4.69, 9.17) is 11.6 Å². The fourth-order valence-corrected chi connectivity index (χ4v) is 2.74. The van der Waals surface area contributed by atoms with E-state index in [9.17, 15) is 4.39 Å². The highest BCUT2D eigenvalue weighted by atomic mass is 35.5. The third-order valence-electron chi connectivity index (χ3n) is 3.55. The predicted molar refractivity (Wildman–Crippen MR) is 83.0 cm³/mol. The minimum Gasteiger partial charge on any atom is -0.319 e. The molecular weight excluding hydrogens is 273 g/mol. The van der Waals surface area contributed by atoms with Crippen LogP contribution < -0.4 is 5.32 Å². The average molecular weight is 292 g/mol. The summed E-state index contributed by atoms with van der Waals surface area (Å²) in [5.41, 5.74) is 3.15. The first-order chi connectivity index (χ1) is 9.61. The summed E-state index contributed by atoms with van der Waals surface area (Å²) in [5, 5.41) is 3.77. The minimum atomic E-state index is -0.191. The van der Waals surface area contributed by atoms with E-state index in [-0.39, 0.29) is 11.7 Å². The van der Waals surface area contributed by atoms with Gasteiger partial charge in [-0.05, 0) is 55.3 Å². The lowest BCUT2D eigenvalue weighted by molar-refractivity contribution is 0.573. The van der Waals surface area contributed by atoms with E-state index >= 15 is 0 Å². The second-order valence-corrected chi connectivity index (χ2v) is 5.49. The molecule has 0 aliphatic rings. The molecule has 1 unspecified atom stereocenters. The molecule has 1 atom stereocenters. The van der Waals surface area contributed by atoms with Gasteiger partial charge in [0.2, 0.25) is 0 Å². The largest absolute Gasteiger partial charge is 0.319 e. The number of hydrogen-bond donors (Lipinski definition) is 1. The van der Waals surface area contributed by atoms with E-state index in [1.165, 1.54) is 17.2 Å². The van der Waals surface area contributed by atoms with Gasteiger partial charge in [-0.15, -0.1) is 0 Å². The molecule has 0 aliphatic carbocycles. The Morgan fingerprint density at radius 3 is 2.65 bits per heavy atom. The van der Waals surface area contributed by atoms with Crippen molar-refractivity contribution in [1.82, 2.24) is 5.32 Å². The van der Waals surface area contributed by atoms with Crippen LogP contribution in [-0.4, -0.2) is 13.6 Å². The van der Waals surface area contributed by atoms with Gasteiger partial charge in [-0.2, -0.15) is 0 Å². The lowest BCUT2D eigenvalue weighted by atomic mass is 9.89.